The molecular formula is C26H26N6O2S. The van der Waals surface area contributed by atoms with Crippen LogP contribution in [0.25, 0.3) is 15.7 Å². The van der Waals surface area contributed by atoms with E-state index in [-0.39, 0.29) is 5.91 Å². The number of aromatic nitrogens is 2. The summed E-state index contributed by atoms with van der Waals surface area (Å²) in [6.45, 7) is 3.70. The number of carbonyl (C=O) groups excluding carboxylic acids is 2. The highest BCUT2D eigenvalue weighted by Crippen LogP contribution is 2.38. The van der Waals surface area contributed by atoms with Crippen LogP contribution in [0.15, 0.2) is 65.8 Å². The van der Waals surface area contributed by atoms with Gasteiger partial charge in [-0.2, -0.15) is 0 Å². The fourth-order valence-electron chi connectivity index (χ4n) is 4.12. The lowest BCUT2D eigenvalue weighted by Crippen LogP contribution is -2.44. The average Bonchev–Trinajstić information content (AvgIpc) is 2.89. The molecule has 0 atom stereocenters. The quantitative estimate of drug-likeness (QED) is 0.569. The first-order valence-electron chi connectivity index (χ1n) is 11.5. The maximum atomic E-state index is 13.0. The molecule has 8 nitrogen and oxygen atoms in total. The molecule has 2 aliphatic heterocycles. The van der Waals surface area contributed by atoms with Crippen molar-refractivity contribution in [1.82, 2.24) is 14.9 Å². The second kappa shape index (κ2) is 9.89. The van der Waals surface area contributed by atoms with Gasteiger partial charge in [0.05, 0.1) is 4.91 Å². The van der Waals surface area contributed by atoms with E-state index >= 15 is 0 Å². The standard InChI is InChI=1S/C26H26N6O2S/c1-31-9-11-32(12-10-31)24-15-18(7-8-28-24)26(34)30-23-14-20-13-17(5-6-19(20)16-29-23)21-3-2-4-22(35-21)25(27)33/h3-8,13-16H,2,9-12H2,1H3,(H2,27,33)(H,29,30,34). The number of benzene rings is 1. The predicted octanol–water partition coefficient (Wildman–Crippen LogP) is 3.48. The largest absolute Gasteiger partial charge is 0.365 e. The van der Waals surface area contributed by atoms with E-state index in [1.165, 1.54) is 11.8 Å². The molecule has 35 heavy (non-hydrogen) atoms. The number of thioether (sulfide) groups is 1. The number of hydrogen-bond donors (Lipinski definition) is 2. The zero-order chi connectivity index (χ0) is 24.4. The maximum Gasteiger partial charge on any atom is 0.257 e. The molecule has 3 N–H and O–H groups in total. The third-order valence-electron chi connectivity index (χ3n) is 6.15. The molecule has 2 aliphatic rings. The van der Waals surface area contributed by atoms with Gasteiger partial charge in [0.1, 0.15) is 11.6 Å². The number of hydrogen-bond acceptors (Lipinski definition) is 7. The first-order valence-corrected chi connectivity index (χ1v) is 12.3. The van der Waals surface area contributed by atoms with Crippen LogP contribution in [0.2, 0.25) is 0 Å². The van der Waals surface area contributed by atoms with E-state index in [4.69, 9.17) is 5.73 Å². The van der Waals surface area contributed by atoms with Crippen molar-refractivity contribution in [1.29, 1.82) is 0 Å². The monoisotopic (exact) mass is 486 g/mol. The second-order valence-electron chi connectivity index (χ2n) is 8.62. The fraction of sp³-hybridized carbons (Fsp3) is 0.231. The minimum atomic E-state index is -0.414. The number of nitrogens with one attached hydrogen (secondary N) is 1. The van der Waals surface area contributed by atoms with Crippen molar-refractivity contribution in [2.24, 2.45) is 5.73 Å². The Labute approximate surface area is 207 Å². The van der Waals surface area contributed by atoms with Crippen LogP contribution < -0.4 is 16.0 Å². The first kappa shape index (κ1) is 23.1. The average molecular weight is 487 g/mol. The molecule has 0 radical (unpaired) electrons. The molecule has 1 fully saturated rings. The molecule has 0 saturated carbocycles. The molecule has 0 bridgehead atoms. The number of allylic oxidation sites excluding steroid dienone is 2. The molecule has 0 spiro atoms. The lowest BCUT2D eigenvalue weighted by atomic mass is 10.1. The second-order valence-corrected chi connectivity index (χ2v) is 9.70. The number of carbonyl (C=O) groups is 2. The van der Waals surface area contributed by atoms with Gasteiger partial charge in [-0.05, 0) is 48.7 Å². The van der Waals surface area contributed by atoms with E-state index < -0.39 is 5.91 Å². The predicted molar refractivity (Wildman–Crippen MR) is 141 cm³/mol. The number of likely N-dealkylation sites (N-methyl/N-ethyl adjacent to an activating group) is 1. The number of nitrogens with zero attached hydrogens (tertiary/aromatic N) is 4. The van der Waals surface area contributed by atoms with Crippen LogP contribution in [0.5, 0.6) is 0 Å². The number of fused-ring (bicyclic) bond motifs is 1. The third kappa shape index (κ3) is 5.21. The molecule has 1 aromatic carbocycles. The van der Waals surface area contributed by atoms with Crippen molar-refractivity contribution in [3.63, 3.8) is 0 Å². The molecule has 3 aromatic rings. The van der Waals surface area contributed by atoms with Gasteiger partial charge in [0.15, 0.2) is 0 Å². The van der Waals surface area contributed by atoms with Gasteiger partial charge >= 0.3 is 0 Å². The van der Waals surface area contributed by atoms with Crippen LogP contribution in [0.1, 0.15) is 22.3 Å². The van der Waals surface area contributed by atoms with Crippen molar-refractivity contribution >= 4 is 50.9 Å². The fourth-order valence-corrected chi connectivity index (χ4v) is 5.06. The molecule has 0 unspecified atom stereocenters. The van der Waals surface area contributed by atoms with Gasteiger partial charge < -0.3 is 20.9 Å². The molecule has 2 aromatic heterocycles. The Morgan fingerprint density at radius 1 is 1.00 bits per heavy atom. The molecule has 178 valence electrons. The highest BCUT2D eigenvalue weighted by Gasteiger charge is 2.18. The summed E-state index contributed by atoms with van der Waals surface area (Å²) < 4.78 is 0. The van der Waals surface area contributed by atoms with E-state index in [1.807, 2.05) is 36.4 Å². The molecule has 2 amide bonds. The maximum absolute atomic E-state index is 13.0. The molecule has 9 heteroatoms. The normalized spacial score (nSPS) is 16.5. The van der Waals surface area contributed by atoms with Crippen molar-refractivity contribution < 1.29 is 9.59 Å². The number of amides is 2. The van der Waals surface area contributed by atoms with Gasteiger partial charge in [0.2, 0.25) is 0 Å². The molecule has 0 aliphatic carbocycles. The summed E-state index contributed by atoms with van der Waals surface area (Å²) >= 11 is 1.38. The topological polar surface area (TPSA) is 104 Å². The Balaban J connectivity index is 1.33. The van der Waals surface area contributed by atoms with Crippen LogP contribution in [0.4, 0.5) is 11.6 Å². The minimum absolute atomic E-state index is 0.229. The summed E-state index contributed by atoms with van der Waals surface area (Å²) in [5.74, 6) is 0.639. The van der Waals surface area contributed by atoms with E-state index in [1.54, 1.807) is 18.5 Å². The van der Waals surface area contributed by atoms with Gasteiger partial charge in [-0.3, -0.25) is 9.59 Å². The van der Waals surface area contributed by atoms with Gasteiger partial charge in [-0.15, -0.1) is 0 Å². The highest BCUT2D eigenvalue weighted by atomic mass is 32.2. The highest BCUT2D eigenvalue weighted by molar-refractivity contribution is 8.12. The van der Waals surface area contributed by atoms with E-state index in [9.17, 15) is 9.59 Å². The summed E-state index contributed by atoms with van der Waals surface area (Å²) in [5.41, 5.74) is 6.99. The zero-order valence-corrected chi connectivity index (χ0v) is 20.2. The smallest absolute Gasteiger partial charge is 0.257 e. The lowest BCUT2D eigenvalue weighted by molar-refractivity contribution is -0.113. The van der Waals surface area contributed by atoms with Gasteiger partial charge in [-0.1, -0.05) is 36.0 Å². The number of piperazine rings is 1. The SMILES string of the molecule is CN1CCN(c2cc(C(=O)Nc3cc4cc(C5=CCC=C(C(N)=O)S5)ccc4cn3)ccn2)CC1. The number of anilines is 2. The van der Waals surface area contributed by atoms with Crippen molar-refractivity contribution in [3.8, 4) is 0 Å². The number of primary amides is 1. The number of nitrogens with two attached hydrogens (primary N) is 1. The van der Waals surface area contributed by atoms with Crippen LogP contribution in [-0.4, -0.2) is 59.9 Å². The van der Waals surface area contributed by atoms with E-state index in [0.717, 1.165) is 53.2 Å². The van der Waals surface area contributed by atoms with Crippen LogP contribution in [0.3, 0.4) is 0 Å². The number of rotatable bonds is 5. The molecule has 5 rings (SSSR count). The number of pyridine rings is 2. The van der Waals surface area contributed by atoms with Crippen molar-refractivity contribution in [2.45, 2.75) is 6.42 Å². The summed E-state index contributed by atoms with van der Waals surface area (Å²) in [7, 11) is 2.11. The Morgan fingerprint density at radius 2 is 1.83 bits per heavy atom. The molecule has 4 heterocycles. The van der Waals surface area contributed by atoms with Crippen LogP contribution in [-0.2, 0) is 4.79 Å². The van der Waals surface area contributed by atoms with Crippen LogP contribution in [0, 0.1) is 0 Å². The molecular weight excluding hydrogens is 460 g/mol. The Kier molecular flexibility index (Phi) is 6.52. The lowest BCUT2D eigenvalue weighted by Gasteiger charge is -2.33. The summed E-state index contributed by atoms with van der Waals surface area (Å²) in [4.78, 5) is 39.5. The Morgan fingerprint density at radius 3 is 2.63 bits per heavy atom. The Hall–Kier alpha value is -3.69. The van der Waals surface area contributed by atoms with E-state index in [0.29, 0.717) is 22.7 Å². The zero-order valence-electron chi connectivity index (χ0n) is 19.4. The van der Waals surface area contributed by atoms with Gasteiger partial charge in [-0.25, -0.2) is 9.97 Å². The summed E-state index contributed by atoms with van der Waals surface area (Å²) in [5, 5.41) is 4.81. The van der Waals surface area contributed by atoms with Gasteiger partial charge in [0.25, 0.3) is 11.8 Å². The molecule has 1 saturated heterocycles. The van der Waals surface area contributed by atoms with Gasteiger partial charge in [0, 0.05) is 54.4 Å². The van der Waals surface area contributed by atoms with Crippen LogP contribution >= 0.6 is 11.8 Å². The summed E-state index contributed by atoms with van der Waals surface area (Å²) in [6, 6.07) is 11.4. The van der Waals surface area contributed by atoms with E-state index in [2.05, 4.69) is 38.2 Å². The minimum Gasteiger partial charge on any atom is -0.365 e. The van der Waals surface area contributed by atoms with Crippen molar-refractivity contribution in [2.75, 3.05) is 43.4 Å². The first-order chi connectivity index (χ1) is 17.0. The third-order valence-corrected chi connectivity index (χ3v) is 7.36. The summed E-state index contributed by atoms with van der Waals surface area (Å²) in [6.07, 6.45) is 7.99. The van der Waals surface area contributed by atoms with Crippen molar-refractivity contribution in [3.05, 3.63) is 77.0 Å². The Bertz CT molecular complexity index is 1360.